The first-order valence-electron chi connectivity index (χ1n) is 11.9. The number of urea groups is 1. The molecule has 0 aliphatic heterocycles. The fraction of sp³-hybridized carbons (Fsp3) is 0.519. The molecule has 32 heavy (non-hydrogen) atoms. The SMILES string of the molecule is CC.CC.CC[C@H](CNC(=O)N[C@H](C)Cc1ccccc1)Cc1ccccc1CNC.[HH].[HH].[V]. The molecule has 0 aliphatic carbocycles. The largest absolute Gasteiger partial charge is 0.338 e. The molecule has 0 aliphatic rings. The van der Waals surface area contributed by atoms with Crippen LogP contribution in [0.1, 0.15) is 67.5 Å². The Kier molecular flexibility index (Phi) is 21.4. The topological polar surface area (TPSA) is 53.2 Å². The summed E-state index contributed by atoms with van der Waals surface area (Å²) in [7, 11) is 1.97. The van der Waals surface area contributed by atoms with E-state index in [1.165, 1.54) is 16.7 Å². The van der Waals surface area contributed by atoms with E-state index in [9.17, 15) is 4.79 Å². The maximum atomic E-state index is 12.3. The van der Waals surface area contributed by atoms with Crippen LogP contribution in [0.25, 0.3) is 0 Å². The number of hydrogen-bond donors (Lipinski definition) is 3. The first-order valence-corrected chi connectivity index (χ1v) is 11.9. The van der Waals surface area contributed by atoms with Crippen LogP contribution < -0.4 is 16.0 Å². The van der Waals surface area contributed by atoms with Gasteiger partial charge in [-0.15, -0.1) is 0 Å². The second-order valence-corrected chi connectivity index (χ2v) is 7.22. The third-order valence-electron chi connectivity index (χ3n) is 4.89. The number of carbonyl (C=O) groups is 1. The summed E-state index contributed by atoms with van der Waals surface area (Å²) < 4.78 is 0. The van der Waals surface area contributed by atoms with Crippen LogP contribution in [-0.2, 0) is 37.9 Å². The van der Waals surface area contributed by atoms with Gasteiger partial charge in [-0.25, -0.2) is 4.79 Å². The van der Waals surface area contributed by atoms with Gasteiger partial charge in [-0.05, 0) is 49.4 Å². The number of hydrogen-bond acceptors (Lipinski definition) is 2. The molecule has 2 rings (SSSR count). The standard InChI is InChI=1S/C23H33N3O.2C2H6.V.2H2/c1-4-19(15-21-12-8-9-13-22(21)17-24-3)16-25-23(27)26-18(2)14-20-10-6-5-7-11-20;2*1-2;;;/h5-13,18-19,24H,4,14-17H2,1-3H3,(H2,25,26,27);2*1-2H3;;2*1H/t18-,19+;;;;;/m1...../s1. The summed E-state index contributed by atoms with van der Waals surface area (Å²) in [6.07, 6.45) is 2.85. The molecule has 0 aromatic heterocycles. The minimum atomic E-state index is -0.0830. The summed E-state index contributed by atoms with van der Waals surface area (Å²) >= 11 is 0. The molecule has 2 aromatic rings. The molecule has 183 valence electrons. The Morgan fingerprint density at radius 1 is 0.906 bits per heavy atom. The minimum Gasteiger partial charge on any atom is -0.338 e. The van der Waals surface area contributed by atoms with Crippen LogP contribution in [0.15, 0.2) is 54.6 Å². The molecule has 3 N–H and O–H groups in total. The maximum absolute atomic E-state index is 12.3. The molecule has 1 radical (unpaired) electrons. The zero-order valence-electron chi connectivity index (χ0n) is 21.2. The molecule has 0 saturated heterocycles. The van der Waals surface area contributed by atoms with Crippen molar-refractivity contribution in [2.75, 3.05) is 13.6 Å². The van der Waals surface area contributed by atoms with E-state index in [4.69, 9.17) is 0 Å². The quantitative estimate of drug-likeness (QED) is 0.365. The van der Waals surface area contributed by atoms with Crippen LogP contribution in [0.3, 0.4) is 0 Å². The summed E-state index contributed by atoms with van der Waals surface area (Å²) in [6, 6.07) is 18.8. The molecule has 0 spiro atoms. The second-order valence-electron chi connectivity index (χ2n) is 7.22. The predicted octanol–water partition coefficient (Wildman–Crippen LogP) is 6.45. The van der Waals surface area contributed by atoms with Crippen molar-refractivity contribution in [2.24, 2.45) is 5.92 Å². The molecule has 4 nitrogen and oxygen atoms in total. The van der Waals surface area contributed by atoms with E-state index in [0.29, 0.717) is 12.5 Å². The van der Waals surface area contributed by atoms with Crippen LogP contribution in [-0.4, -0.2) is 25.7 Å². The van der Waals surface area contributed by atoms with Gasteiger partial charge in [0.15, 0.2) is 0 Å². The fourth-order valence-corrected chi connectivity index (χ4v) is 3.32. The van der Waals surface area contributed by atoms with Gasteiger partial charge in [-0.1, -0.05) is 95.6 Å². The molecule has 2 aromatic carbocycles. The van der Waals surface area contributed by atoms with Crippen LogP contribution in [0, 0.1) is 5.92 Å². The van der Waals surface area contributed by atoms with E-state index in [1.807, 2.05) is 59.9 Å². The number of amides is 2. The Balaban J connectivity index is -0.000000609. The summed E-state index contributed by atoms with van der Waals surface area (Å²) in [5, 5.41) is 9.33. The van der Waals surface area contributed by atoms with Crippen LogP contribution in [0.4, 0.5) is 4.79 Å². The third-order valence-corrected chi connectivity index (χ3v) is 4.89. The number of rotatable bonds is 10. The van der Waals surface area contributed by atoms with E-state index < -0.39 is 0 Å². The smallest absolute Gasteiger partial charge is 0.315 e. The average molecular weight is 483 g/mol. The Bertz CT molecular complexity index is 705. The van der Waals surface area contributed by atoms with E-state index in [0.717, 1.165) is 25.8 Å². The van der Waals surface area contributed by atoms with Gasteiger partial charge in [0.25, 0.3) is 0 Å². The Labute approximate surface area is 212 Å². The summed E-state index contributed by atoms with van der Waals surface area (Å²) in [6.45, 7) is 13.8. The number of nitrogens with one attached hydrogen (secondary N) is 3. The van der Waals surface area contributed by atoms with Gasteiger partial charge < -0.3 is 16.0 Å². The normalized spacial score (nSPS) is 11.3. The third kappa shape index (κ3) is 13.6. The Morgan fingerprint density at radius 3 is 2.03 bits per heavy atom. The summed E-state index contributed by atoms with van der Waals surface area (Å²) in [5.74, 6) is 0.429. The van der Waals surface area contributed by atoms with Gasteiger partial charge in [0.1, 0.15) is 0 Å². The van der Waals surface area contributed by atoms with Gasteiger partial charge in [0.2, 0.25) is 0 Å². The van der Waals surface area contributed by atoms with E-state index in [2.05, 4.69) is 59.3 Å². The van der Waals surface area contributed by atoms with Crippen molar-refractivity contribution in [3.63, 3.8) is 0 Å². The van der Waals surface area contributed by atoms with E-state index in [-0.39, 0.29) is 33.5 Å². The zero-order chi connectivity index (χ0) is 23.5. The van der Waals surface area contributed by atoms with Crippen molar-refractivity contribution in [1.29, 1.82) is 0 Å². The molecule has 0 bridgehead atoms. The van der Waals surface area contributed by atoms with Crippen molar-refractivity contribution in [2.45, 2.75) is 73.4 Å². The Hall–Kier alpha value is -1.75. The minimum absolute atomic E-state index is 0. The monoisotopic (exact) mass is 482 g/mol. The molecule has 0 saturated carbocycles. The van der Waals surface area contributed by atoms with Crippen molar-refractivity contribution in [3.05, 3.63) is 71.3 Å². The molecular formula is C27H49N3OV. The zero-order valence-corrected chi connectivity index (χ0v) is 22.6. The fourth-order valence-electron chi connectivity index (χ4n) is 3.32. The number of benzene rings is 2. The summed E-state index contributed by atoms with van der Waals surface area (Å²) in [5.41, 5.74) is 3.93. The Morgan fingerprint density at radius 2 is 1.47 bits per heavy atom. The first-order chi connectivity index (χ1) is 15.1. The van der Waals surface area contributed by atoms with Crippen molar-refractivity contribution >= 4 is 6.03 Å². The van der Waals surface area contributed by atoms with Crippen molar-refractivity contribution in [3.8, 4) is 0 Å². The van der Waals surface area contributed by atoms with Crippen LogP contribution in [0.5, 0.6) is 0 Å². The van der Waals surface area contributed by atoms with Crippen molar-refractivity contribution < 1.29 is 26.2 Å². The van der Waals surface area contributed by atoms with Gasteiger partial charge in [-0.2, -0.15) is 0 Å². The predicted molar refractivity (Wildman–Crippen MR) is 140 cm³/mol. The van der Waals surface area contributed by atoms with E-state index >= 15 is 0 Å². The molecular weight excluding hydrogens is 433 g/mol. The van der Waals surface area contributed by atoms with E-state index in [1.54, 1.807) is 0 Å². The van der Waals surface area contributed by atoms with Gasteiger partial charge in [-0.3, -0.25) is 0 Å². The van der Waals surface area contributed by atoms with Gasteiger partial charge in [0.05, 0.1) is 0 Å². The van der Waals surface area contributed by atoms with Crippen LogP contribution in [0.2, 0.25) is 0 Å². The maximum Gasteiger partial charge on any atom is 0.315 e. The molecule has 0 fully saturated rings. The van der Waals surface area contributed by atoms with Gasteiger partial charge >= 0.3 is 6.03 Å². The molecule has 2 amide bonds. The summed E-state index contributed by atoms with van der Waals surface area (Å²) in [4.78, 5) is 12.3. The number of carbonyl (C=O) groups excluding carboxylic acids is 1. The molecule has 0 heterocycles. The van der Waals surface area contributed by atoms with Gasteiger partial charge in [0, 0.05) is 40.5 Å². The second kappa shape index (κ2) is 21.1. The molecule has 2 atom stereocenters. The first kappa shape index (κ1) is 32.4. The average Bonchev–Trinajstić information content (AvgIpc) is 2.81. The van der Waals surface area contributed by atoms with Crippen molar-refractivity contribution in [1.82, 2.24) is 16.0 Å². The molecule has 0 unspecified atom stereocenters. The molecule has 5 heteroatoms. The van der Waals surface area contributed by atoms with Crippen LogP contribution >= 0.6 is 0 Å².